The highest BCUT2D eigenvalue weighted by Gasteiger charge is 2.20. The predicted molar refractivity (Wildman–Crippen MR) is 83.1 cm³/mol. The summed E-state index contributed by atoms with van der Waals surface area (Å²) in [5, 5.41) is 0. The highest BCUT2D eigenvalue weighted by Crippen LogP contribution is 2.19. The minimum absolute atomic E-state index is 0.0772. The molecule has 0 radical (unpaired) electrons. The van der Waals surface area contributed by atoms with Gasteiger partial charge in [0.25, 0.3) is 5.91 Å². The van der Waals surface area contributed by atoms with Crippen LogP contribution in [0.15, 0.2) is 48.8 Å². The number of hydrogen-bond donors (Lipinski definition) is 0. The van der Waals surface area contributed by atoms with Crippen molar-refractivity contribution in [1.29, 1.82) is 0 Å². The Hall–Kier alpha value is -2.20. The number of carbonyl (C=O) groups excluding carboxylic acids is 1. The van der Waals surface area contributed by atoms with Gasteiger partial charge in [-0.2, -0.15) is 0 Å². The van der Waals surface area contributed by atoms with Gasteiger partial charge in [0, 0.05) is 44.1 Å². The zero-order valence-corrected chi connectivity index (χ0v) is 12.2. The highest BCUT2D eigenvalue weighted by molar-refractivity contribution is 5.95. The Labute approximate surface area is 125 Å². The molecule has 4 heteroatoms. The van der Waals surface area contributed by atoms with Crippen LogP contribution in [-0.4, -0.2) is 53.9 Å². The molecule has 1 aromatic carbocycles. The van der Waals surface area contributed by atoms with Gasteiger partial charge in [-0.15, -0.1) is 0 Å². The lowest BCUT2D eigenvalue weighted by atomic mass is 10.1. The fraction of sp³-hybridized carbons (Fsp3) is 0.294. The molecule has 1 aliphatic heterocycles. The van der Waals surface area contributed by atoms with Crippen molar-refractivity contribution in [3.05, 3.63) is 54.4 Å². The molecule has 0 saturated carbocycles. The quantitative estimate of drug-likeness (QED) is 0.846. The molecule has 0 unspecified atom stereocenters. The second kappa shape index (κ2) is 6.06. The van der Waals surface area contributed by atoms with Crippen molar-refractivity contribution in [2.24, 2.45) is 0 Å². The summed E-state index contributed by atoms with van der Waals surface area (Å²) in [6, 6.07) is 12.0. The van der Waals surface area contributed by atoms with Gasteiger partial charge < -0.3 is 9.80 Å². The molecule has 0 bridgehead atoms. The number of aromatic nitrogens is 1. The van der Waals surface area contributed by atoms with E-state index in [4.69, 9.17) is 0 Å². The Morgan fingerprint density at radius 3 is 2.43 bits per heavy atom. The molecule has 0 aliphatic carbocycles. The monoisotopic (exact) mass is 281 g/mol. The van der Waals surface area contributed by atoms with Crippen LogP contribution in [-0.2, 0) is 0 Å². The Morgan fingerprint density at radius 2 is 1.71 bits per heavy atom. The van der Waals surface area contributed by atoms with Gasteiger partial charge in [-0.3, -0.25) is 9.78 Å². The maximum absolute atomic E-state index is 12.6. The van der Waals surface area contributed by atoms with Crippen molar-refractivity contribution in [2.45, 2.75) is 0 Å². The molecule has 1 fully saturated rings. The molecule has 1 amide bonds. The van der Waals surface area contributed by atoms with Crippen molar-refractivity contribution >= 4 is 5.91 Å². The first kappa shape index (κ1) is 13.8. The molecule has 3 rings (SSSR count). The SMILES string of the molecule is CN1CCN(C(=O)c2cncc(-c3ccccc3)c2)CC1. The van der Waals surface area contributed by atoms with Gasteiger partial charge in [-0.25, -0.2) is 0 Å². The van der Waals surface area contributed by atoms with Crippen LogP contribution in [0.25, 0.3) is 11.1 Å². The molecule has 108 valence electrons. The van der Waals surface area contributed by atoms with Crippen LogP contribution in [0.1, 0.15) is 10.4 Å². The summed E-state index contributed by atoms with van der Waals surface area (Å²) in [7, 11) is 2.08. The molecule has 4 nitrogen and oxygen atoms in total. The fourth-order valence-electron chi connectivity index (χ4n) is 2.54. The Kier molecular flexibility index (Phi) is 3.97. The molecule has 2 aromatic rings. The standard InChI is InChI=1S/C17H19N3O/c1-19-7-9-20(10-8-19)17(21)16-11-15(12-18-13-16)14-5-3-2-4-6-14/h2-6,11-13H,7-10H2,1H3. The van der Waals surface area contributed by atoms with E-state index in [9.17, 15) is 4.79 Å². The summed E-state index contributed by atoms with van der Waals surface area (Å²) in [5.74, 6) is 0.0772. The number of benzene rings is 1. The van der Waals surface area contributed by atoms with Crippen LogP contribution in [0.3, 0.4) is 0 Å². The van der Waals surface area contributed by atoms with E-state index in [-0.39, 0.29) is 5.91 Å². The van der Waals surface area contributed by atoms with Crippen molar-refractivity contribution in [3.63, 3.8) is 0 Å². The van der Waals surface area contributed by atoms with Gasteiger partial charge in [0.2, 0.25) is 0 Å². The lowest BCUT2D eigenvalue weighted by Gasteiger charge is -2.32. The number of rotatable bonds is 2. The zero-order valence-electron chi connectivity index (χ0n) is 12.2. The van der Waals surface area contributed by atoms with Gasteiger partial charge >= 0.3 is 0 Å². The number of pyridine rings is 1. The third-order valence-corrected chi connectivity index (χ3v) is 3.88. The Balaban J connectivity index is 1.81. The maximum atomic E-state index is 12.6. The second-order valence-electron chi connectivity index (χ2n) is 5.42. The Morgan fingerprint density at radius 1 is 1.00 bits per heavy atom. The smallest absolute Gasteiger partial charge is 0.255 e. The van der Waals surface area contributed by atoms with Crippen molar-refractivity contribution in [1.82, 2.24) is 14.8 Å². The first-order valence-corrected chi connectivity index (χ1v) is 7.22. The van der Waals surface area contributed by atoms with Gasteiger partial charge in [0.15, 0.2) is 0 Å². The van der Waals surface area contributed by atoms with E-state index in [2.05, 4.69) is 16.9 Å². The van der Waals surface area contributed by atoms with E-state index in [1.54, 1.807) is 12.4 Å². The largest absolute Gasteiger partial charge is 0.336 e. The van der Waals surface area contributed by atoms with Gasteiger partial charge in [-0.05, 0) is 18.7 Å². The lowest BCUT2D eigenvalue weighted by Crippen LogP contribution is -2.47. The topological polar surface area (TPSA) is 36.4 Å². The average molecular weight is 281 g/mol. The van der Waals surface area contributed by atoms with Crippen LogP contribution < -0.4 is 0 Å². The zero-order chi connectivity index (χ0) is 14.7. The van der Waals surface area contributed by atoms with Crippen LogP contribution in [0.2, 0.25) is 0 Å². The molecule has 2 heterocycles. The van der Waals surface area contributed by atoms with E-state index in [0.717, 1.165) is 37.3 Å². The maximum Gasteiger partial charge on any atom is 0.255 e. The number of likely N-dealkylation sites (N-methyl/N-ethyl adjacent to an activating group) is 1. The number of amides is 1. The van der Waals surface area contributed by atoms with Crippen LogP contribution in [0.4, 0.5) is 0 Å². The molecular formula is C17H19N3O. The second-order valence-corrected chi connectivity index (χ2v) is 5.42. The minimum Gasteiger partial charge on any atom is -0.336 e. The van der Waals surface area contributed by atoms with Crippen LogP contribution >= 0.6 is 0 Å². The molecule has 1 saturated heterocycles. The molecule has 1 aliphatic rings. The van der Waals surface area contributed by atoms with Gasteiger partial charge in [0.1, 0.15) is 0 Å². The van der Waals surface area contributed by atoms with Crippen molar-refractivity contribution in [3.8, 4) is 11.1 Å². The Bertz CT molecular complexity index is 619. The van der Waals surface area contributed by atoms with Crippen molar-refractivity contribution in [2.75, 3.05) is 33.2 Å². The minimum atomic E-state index is 0.0772. The normalized spacial score (nSPS) is 16.0. The molecule has 0 spiro atoms. The first-order valence-electron chi connectivity index (χ1n) is 7.22. The van der Waals surface area contributed by atoms with E-state index in [1.165, 1.54) is 0 Å². The summed E-state index contributed by atoms with van der Waals surface area (Å²) in [5.41, 5.74) is 2.73. The summed E-state index contributed by atoms with van der Waals surface area (Å²) < 4.78 is 0. The summed E-state index contributed by atoms with van der Waals surface area (Å²) in [6.45, 7) is 3.42. The van der Waals surface area contributed by atoms with Crippen LogP contribution in [0.5, 0.6) is 0 Å². The number of piperazine rings is 1. The summed E-state index contributed by atoms with van der Waals surface area (Å²) >= 11 is 0. The summed E-state index contributed by atoms with van der Waals surface area (Å²) in [6.07, 6.45) is 3.46. The third kappa shape index (κ3) is 3.11. The molecule has 21 heavy (non-hydrogen) atoms. The van der Waals surface area contributed by atoms with E-state index in [1.807, 2.05) is 41.3 Å². The van der Waals surface area contributed by atoms with Crippen molar-refractivity contribution < 1.29 is 4.79 Å². The van der Waals surface area contributed by atoms with E-state index < -0.39 is 0 Å². The van der Waals surface area contributed by atoms with Gasteiger partial charge in [0.05, 0.1) is 5.56 Å². The first-order chi connectivity index (χ1) is 10.2. The predicted octanol–water partition coefficient (Wildman–Crippen LogP) is 2.14. The molecule has 1 aromatic heterocycles. The van der Waals surface area contributed by atoms with Crippen LogP contribution in [0, 0.1) is 0 Å². The molecule has 0 N–H and O–H groups in total. The third-order valence-electron chi connectivity index (χ3n) is 3.88. The average Bonchev–Trinajstić information content (AvgIpc) is 2.56. The molecule has 0 atom stereocenters. The van der Waals surface area contributed by atoms with E-state index >= 15 is 0 Å². The van der Waals surface area contributed by atoms with E-state index in [0.29, 0.717) is 5.56 Å². The highest BCUT2D eigenvalue weighted by atomic mass is 16.2. The van der Waals surface area contributed by atoms with Gasteiger partial charge in [-0.1, -0.05) is 30.3 Å². The number of nitrogens with zero attached hydrogens (tertiary/aromatic N) is 3. The molecular weight excluding hydrogens is 262 g/mol. The number of hydrogen-bond acceptors (Lipinski definition) is 3. The fourth-order valence-corrected chi connectivity index (χ4v) is 2.54. The lowest BCUT2D eigenvalue weighted by molar-refractivity contribution is 0.0663. The number of carbonyl (C=O) groups is 1. The summed E-state index contributed by atoms with van der Waals surface area (Å²) in [4.78, 5) is 20.9.